The molecule has 8 nitrogen and oxygen atoms in total. The van der Waals surface area contributed by atoms with Crippen LogP contribution in [0.15, 0.2) is 47.3 Å². The van der Waals surface area contributed by atoms with E-state index in [0.29, 0.717) is 29.8 Å². The number of ether oxygens (including phenoxy) is 1. The number of nitrogens with zero attached hydrogens (tertiary/aromatic N) is 4. The molecule has 37 heavy (non-hydrogen) atoms. The summed E-state index contributed by atoms with van der Waals surface area (Å²) in [5, 5.41) is 8.16. The molecule has 192 valence electrons. The third-order valence-corrected chi connectivity index (χ3v) is 7.22. The van der Waals surface area contributed by atoms with Crippen molar-refractivity contribution in [1.82, 2.24) is 24.9 Å². The van der Waals surface area contributed by atoms with Crippen LogP contribution in [-0.2, 0) is 19.6 Å². The Bertz CT molecular complexity index is 1470. The standard InChI is InChI=1S/C29H33N5O3/c1-4-25-26(5-2)28(35)31-30-27(25)21-8-10-24(11-9-21)37-29(36)34-18-22-7-6-20(16-23(22)19-34)17-33-14-12-32(3)13-15-33/h4-11,16H,12-15,17-19H2,1-3H3,(H,31,35). The van der Waals surface area contributed by atoms with Crippen LogP contribution in [0.5, 0.6) is 5.75 Å². The maximum absolute atomic E-state index is 12.9. The van der Waals surface area contributed by atoms with Crippen molar-refractivity contribution in [2.24, 2.45) is 0 Å². The van der Waals surface area contributed by atoms with Gasteiger partial charge in [-0.15, -0.1) is 0 Å². The van der Waals surface area contributed by atoms with Crippen LogP contribution in [0, 0.1) is 0 Å². The van der Waals surface area contributed by atoms with E-state index in [1.165, 1.54) is 16.7 Å². The Balaban J connectivity index is 1.24. The molecule has 5 rings (SSSR count). The second-order valence-electron chi connectivity index (χ2n) is 9.74. The molecule has 0 atom stereocenters. The molecular formula is C29H33N5O3. The minimum Gasteiger partial charge on any atom is -0.410 e. The summed E-state index contributed by atoms with van der Waals surface area (Å²) in [5.74, 6) is 0.467. The van der Waals surface area contributed by atoms with Crippen LogP contribution in [0.3, 0.4) is 0 Å². The number of aromatic amines is 1. The smallest absolute Gasteiger partial charge is 0.410 e. The zero-order valence-electron chi connectivity index (χ0n) is 21.7. The number of carbonyl (C=O) groups is 1. The van der Waals surface area contributed by atoms with E-state index in [1.54, 1.807) is 23.1 Å². The average Bonchev–Trinajstić information content (AvgIpc) is 3.34. The van der Waals surface area contributed by atoms with Gasteiger partial charge in [-0.2, -0.15) is 5.10 Å². The fraction of sp³-hybridized carbons (Fsp3) is 0.345. The number of aromatic nitrogens is 2. The quantitative estimate of drug-likeness (QED) is 0.593. The molecule has 3 heterocycles. The van der Waals surface area contributed by atoms with Crippen molar-refractivity contribution in [2.45, 2.75) is 33.5 Å². The van der Waals surface area contributed by atoms with Gasteiger partial charge in [-0.3, -0.25) is 14.6 Å². The normalized spacial score (nSPS) is 17.3. The monoisotopic (exact) mass is 499 g/mol. The highest BCUT2D eigenvalue weighted by Gasteiger charge is 2.25. The molecule has 8 heteroatoms. The summed E-state index contributed by atoms with van der Waals surface area (Å²) in [7, 11) is 2.17. The average molecular weight is 500 g/mol. The van der Waals surface area contributed by atoms with Gasteiger partial charge >= 0.3 is 6.09 Å². The molecule has 0 spiro atoms. The van der Waals surface area contributed by atoms with Gasteiger partial charge in [-0.1, -0.05) is 30.4 Å². The summed E-state index contributed by atoms with van der Waals surface area (Å²) in [4.78, 5) is 31.6. The number of rotatable bonds is 4. The molecule has 1 saturated heterocycles. The van der Waals surface area contributed by atoms with Crippen molar-refractivity contribution >= 4 is 18.2 Å². The number of carbonyl (C=O) groups excluding carboxylic acids is 1. The van der Waals surface area contributed by atoms with Crippen LogP contribution in [0.1, 0.15) is 30.5 Å². The predicted molar refractivity (Wildman–Crippen MR) is 144 cm³/mol. The molecule has 0 saturated carbocycles. The van der Waals surface area contributed by atoms with E-state index in [2.05, 4.69) is 45.2 Å². The van der Waals surface area contributed by atoms with E-state index < -0.39 is 0 Å². The van der Waals surface area contributed by atoms with Crippen molar-refractivity contribution in [3.05, 3.63) is 79.9 Å². The zero-order valence-corrected chi connectivity index (χ0v) is 21.7. The Hall–Kier alpha value is -3.75. The Labute approximate surface area is 216 Å². The maximum atomic E-state index is 12.9. The summed E-state index contributed by atoms with van der Waals surface area (Å²) in [6.07, 6.45) is 3.29. The van der Waals surface area contributed by atoms with E-state index in [0.717, 1.165) is 43.5 Å². The van der Waals surface area contributed by atoms with Crippen molar-refractivity contribution < 1.29 is 9.53 Å². The number of piperazine rings is 1. The second kappa shape index (κ2) is 10.7. The van der Waals surface area contributed by atoms with E-state index in [-0.39, 0.29) is 11.7 Å². The number of hydrogen-bond acceptors (Lipinski definition) is 6. The molecule has 2 aliphatic heterocycles. The fourth-order valence-corrected chi connectivity index (χ4v) is 5.06. The Morgan fingerprint density at radius 1 is 0.973 bits per heavy atom. The molecule has 2 aromatic carbocycles. The molecular weight excluding hydrogens is 466 g/mol. The molecule has 1 N–H and O–H groups in total. The SMILES string of the molecule is CC=c1c(-c2ccc(OC(=O)N3Cc4ccc(CN5CCN(C)CC5)cc4C3)cc2)n[nH]c(=O)c1=CC. The highest BCUT2D eigenvalue weighted by atomic mass is 16.6. The molecule has 0 radical (unpaired) electrons. The first-order valence-corrected chi connectivity index (χ1v) is 12.8. The van der Waals surface area contributed by atoms with Crippen molar-refractivity contribution in [3.63, 3.8) is 0 Å². The number of hydrogen-bond donors (Lipinski definition) is 1. The summed E-state index contributed by atoms with van der Waals surface area (Å²) in [5.41, 5.74) is 4.94. The number of amides is 1. The van der Waals surface area contributed by atoms with E-state index >= 15 is 0 Å². The predicted octanol–water partition coefficient (Wildman–Crippen LogP) is 2.30. The van der Waals surface area contributed by atoms with Crippen LogP contribution in [0.2, 0.25) is 0 Å². The van der Waals surface area contributed by atoms with Crippen LogP contribution in [0.4, 0.5) is 4.79 Å². The summed E-state index contributed by atoms with van der Waals surface area (Å²) in [6.45, 7) is 10.1. The Morgan fingerprint density at radius 2 is 1.68 bits per heavy atom. The third-order valence-electron chi connectivity index (χ3n) is 7.22. The van der Waals surface area contributed by atoms with Gasteiger partial charge in [0.1, 0.15) is 5.75 Å². The first-order valence-electron chi connectivity index (χ1n) is 12.8. The Morgan fingerprint density at radius 3 is 2.38 bits per heavy atom. The minimum absolute atomic E-state index is 0.219. The molecule has 0 aliphatic carbocycles. The first-order chi connectivity index (χ1) is 17.9. The lowest BCUT2D eigenvalue weighted by molar-refractivity contribution is 0.148. The summed E-state index contributed by atoms with van der Waals surface area (Å²) >= 11 is 0. The number of H-pyrrole nitrogens is 1. The van der Waals surface area contributed by atoms with E-state index in [4.69, 9.17) is 4.74 Å². The van der Waals surface area contributed by atoms with Crippen molar-refractivity contribution in [2.75, 3.05) is 33.2 Å². The maximum Gasteiger partial charge on any atom is 0.415 e. The Kier molecular flexibility index (Phi) is 7.21. The van der Waals surface area contributed by atoms with E-state index in [9.17, 15) is 9.59 Å². The van der Waals surface area contributed by atoms with Crippen LogP contribution in [-0.4, -0.2) is 64.2 Å². The van der Waals surface area contributed by atoms with Gasteiger partial charge in [0.25, 0.3) is 5.56 Å². The van der Waals surface area contributed by atoms with Crippen LogP contribution < -0.4 is 20.7 Å². The molecule has 1 aromatic heterocycles. The van der Waals surface area contributed by atoms with Gasteiger partial charge in [0.15, 0.2) is 0 Å². The van der Waals surface area contributed by atoms with Crippen LogP contribution >= 0.6 is 0 Å². The van der Waals surface area contributed by atoms with Gasteiger partial charge < -0.3 is 9.64 Å². The number of fused-ring (bicyclic) bond motifs is 1. The highest BCUT2D eigenvalue weighted by Crippen LogP contribution is 2.26. The van der Waals surface area contributed by atoms with Crippen molar-refractivity contribution in [1.29, 1.82) is 0 Å². The van der Waals surface area contributed by atoms with Gasteiger partial charge in [0.2, 0.25) is 0 Å². The summed E-state index contributed by atoms with van der Waals surface area (Å²) in [6, 6.07) is 13.8. The fourth-order valence-electron chi connectivity index (χ4n) is 5.06. The number of nitrogens with one attached hydrogen (secondary N) is 1. The highest BCUT2D eigenvalue weighted by molar-refractivity contribution is 5.72. The third kappa shape index (κ3) is 5.35. The number of benzene rings is 2. The lowest BCUT2D eigenvalue weighted by atomic mass is 10.1. The van der Waals surface area contributed by atoms with Crippen LogP contribution in [0.25, 0.3) is 23.4 Å². The summed E-state index contributed by atoms with van der Waals surface area (Å²) < 4.78 is 5.68. The lowest BCUT2D eigenvalue weighted by Gasteiger charge is -2.32. The number of likely N-dealkylation sites (N-methyl/N-ethyl adjacent to an activating group) is 1. The molecule has 3 aromatic rings. The van der Waals surface area contributed by atoms with Gasteiger partial charge in [-0.05, 0) is 61.9 Å². The van der Waals surface area contributed by atoms with Gasteiger partial charge in [0, 0.05) is 61.8 Å². The molecule has 2 aliphatic rings. The minimum atomic E-state index is -0.364. The topological polar surface area (TPSA) is 81.8 Å². The van der Waals surface area contributed by atoms with E-state index in [1.807, 2.05) is 32.1 Å². The van der Waals surface area contributed by atoms with Gasteiger partial charge in [0.05, 0.1) is 5.69 Å². The molecule has 1 amide bonds. The molecule has 0 bridgehead atoms. The van der Waals surface area contributed by atoms with Gasteiger partial charge in [-0.25, -0.2) is 9.89 Å². The van der Waals surface area contributed by atoms with Crippen molar-refractivity contribution in [3.8, 4) is 17.0 Å². The zero-order chi connectivity index (χ0) is 25.9. The lowest BCUT2D eigenvalue weighted by Crippen LogP contribution is -2.43. The molecule has 1 fully saturated rings. The second-order valence-corrected chi connectivity index (χ2v) is 9.74. The first kappa shape index (κ1) is 24.9. The molecule has 0 unspecified atom stereocenters. The largest absolute Gasteiger partial charge is 0.415 e.